The highest BCUT2D eigenvalue weighted by atomic mass is 16.5. The molecule has 86 valence electrons. The summed E-state index contributed by atoms with van der Waals surface area (Å²) < 4.78 is 4.99. The third-order valence-corrected chi connectivity index (χ3v) is 2.38. The van der Waals surface area contributed by atoms with E-state index in [1.807, 2.05) is 6.92 Å². The van der Waals surface area contributed by atoms with Crippen LogP contribution in [0.4, 0.5) is 5.82 Å². The van der Waals surface area contributed by atoms with Crippen LogP contribution in [-0.4, -0.2) is 30.2 Å². The summed E-state index contributed by atoms with van der Waals surface area (Å²) in [6.07, 6.45) is 1.67. The Bertz CT molecular complexity index is 449. The van der Waals surface area contributed by atoms with Crippen LogP contribution in [0.3, 0.4) is 0 Å². The Morgan fingerprint density at radius 1 is 1.75 bits per heavy atom. The Balaban J connectivity index is 3.09. The van der Waals surface area contributed by atoms with Crippen LogP contribution in [0, 0.1) is 11.3 Å². The second-order valence-corrected chi connectivity index (χ2v) is 3.41. The minimum absolute atomic E-state index is 0.0341. The second kappa shape index (κ2) is 5.16. The van der Waals surface area contributed by atoms with Gasteiger partial charge in [0.25, 0.3) is 5.56 Å². The van der Waals surface area contributed by atoms with E-state index < -0.39 is 0 Å². The molecule has 0 aliphatic heterocycles. The predicted octanol–water partition coefficient (Wildman–Crippen LogP) is 0.517. The zero-order chi connectivity index (χ0) is 12.1. The van der Waals surface area contributed by atoms with E-state index in [-0.39, 0.29) is 17.4 Å². The van der Waals surface area contributed by atoms with E-state index in [9.17, 15) is 4.79 Å². The van der Waals surface area contributed by atoms with Gasteiger partial charge in [-0.05, 0) is 6.92 Å². The smallest absolute Gasteiger partial charge is 0.295 e. The normalized spacial score (nSPS) is 11.6. The Kier molecular flexibility index (Phi) is 3.89. The minimum Gasteiger partial charge on any atom is -0.489 e. The number of rotatable bonds is 4. The molecule has 0 fully saturated rings. The number of methoxy groups -OCH3 is 1. The van der Waals surface area contributed by atoms with E-state index in [0.717, 1.165) is 0 Å². The maximum atomic E-state index is 11.4. The lowest BCUT2D eigenvalue weighted by Crippen LogP contribution is -2.31. The molecule has 6 nitrogen and oxygen atoms in total. The largest absolute Gasteiger partial charge is 0.489 e. The van der Waals surface area contributed by atoms with Crippen LogP contribution in [0.5, 0.6) is 5.75 Å². The number of hydrogen-bond acceptors (Lipinski definition) is 5. The lowest BCUT2D eigenvalue weighted by Gasteiger charge is -2.24. The van der Waals surface area contributed by atoms with Crippen molar-refractivity contribution in [3.05, 3.63) is 16.7 Å². The Hall–Kier alpha value is -2.03. The maximum Gasteiger partial charge on any atom is 0.295 e. The number of nitrogens with one attached hydrogen (secondary N) is 1. The molecule has 6 heteroatoms. The van der Waals surface area contributed by atoms with Gasteiger partial charge in [0.1, 0.15) is 0 Å². The van der Waals surface area contributed by atoms with Crippen molar-refractivity contribution in [3.63, 3.8) is 0 Å². The highest BCUT2D eigenvalue weighted by Crippen LogP contribution is 2.21. The summed E-state index contributed by atoms with van der Waals surface area (Å²) in [6.45, 7) is 1.88. The number of nitrogens with zero attached hydrogens (tertiary/aromatic N) is 3. The first-order valence-electron chi connectivity index (χ1n) is 4.83. The summed E-state index contributed by atoms with van der Waals surface area (Å²) >= 11 is 0. The van der Waals surface area contributed by atoms with E-state index >= 15 is 0 Å². The molecular formula is C10H14N4O2. The minimum atomic E-state index is -0.330. The van der Waals surface area contributed by atoms with Gasteiger partial charge in [-0.15, -0.1) is 0 Å². The SMILES string of the molecule is COc1c(N(C)C(C)CC#N)nc[nH]c1=O. The van der Waals surface area contributed by atoms with Crippen LogP contribution in [0.15, 0.2) is 11.1 Å². The van der Waals surface area contributed by atoms with E-state index in [1.54, 1.807) is 11.9 Å². The zero-order valence-electron chi connectivity index (χ0n) is 9.52. The van der Waals surface area contributed by atoms with Crippen molar-refractivity contribution in [2.45, 2.75) is 19.4 Å². The van der Waals surface area contributed by atoms with Crippen LogP contribution in [-0.2, 0) is 0 Å². The van der Waals surface area contributed by atoms with Crippen molar-refractivity contribution in [3.8, 4) is 11.8 Å². The molecule has 0 bridgehead atoms. The third kappa shape index (κ3) is 2.31. The molecular weight excluding hydrogens is 208 g/mol. The third-order valence-electron chi connectivity index (χ3n) is 2.38. The number of H-pyrrole nitrogens is 1. The van der Waals surface area contributed by atoms with Gasteiger partial charge in [-0.2, -0.15) is 5.26 Å². The average molecular weight is 222 g/mol. The number of aromatic nitrogens is 2. The van der Waals surface area contributed by atoms with Gasteiger partial charge in [0.15, 0.2) is 5.82 Å². The summed E-state index contributed by atoms with van der Waals surface area (Å²) in [5.41, 5.74) is -0.330. The molecule has 0 radical (unpaired) electrons. The summed E-state index contributed by atoms with van der Waals surface area (Å²) in [4.78, 5) is 19.7. The Morgan fingerprint density at radius 2 is 2.44 bits per heavy atom. The molecule has 0 saturated heterocycles. The molecule has 0 aromatic carbocycles. The number of anilines is 1. The van der Waals surface area contributed by atoms with Crippen LogP contribution in [0.25, 0.3) is 0 Å². The summed E-state index contributed by atoms with van der Waals surface area (Å²) in [5, 5.41) is 8.62. The van der Waals surface area contributed by atoms with Gasteiger partial charge in [0, 0.05) is 13.1 Å². The monoisotopic (exact) mass is 222 g/mol. The number of nitriles is 1. The zero-order valence-corrected chi connectivity index (χ0v) is 9.52. The molecule has 1 N–H and O–H groups in total. The molecule has 0 aliphatic carbocycles. The highest BCUT2D eigenvalue weighted by Gasteiger charge is 2.17. The van der Waals surface area contributed by atoms with Gasteiger partial charge < -0.3 is 14.6 Å². The summed E-state index contributed by atoms with van der Waals surface area (Å²) in [5.74, 6) is 0.601. The summed E-state index contributed by atoms with van der Waals surface area (Å²) in [6, 6.07) is 2.04. The maximum absolute atomic E-state index is 11.4. The highest BCUT2D eigenvalue weighted by molar-refractivity contribution is 5.50. The van der Waals surface area contributed by atoms with Crippen molar-refractivity contribution >= 4 is 5.82 Å². The van der Waals surface area contributed by atoms with Crippen molar-refractivity contribution < 1.29 is 4.74 Å². The molecule has 1 atom stereocenters. The molecule has 0 saturated carbocycles. The van der Waals surface area contributed by atoms with Gasteiger partial charge in [0.2, 0.25) is 5.75 Å². The average Bonchev–Trinajstić information content (AvgIpc) is 2.28. The first-order chi connectivity index (χ1) is 7.61. The molecule has 1 aromatic heterocycles. The molecule has 1 rings (SSSR count). The Morgan fingerprint density at radius 3 is 3.00 bits per heavy atom. The lowest BCUT2D eigenvalue weighted by molar-refractivity contribution is 0.405. The van der Waals surface area contributed by atoms with E-state index in [4.69, 9.17) is 10.00 Å². The Labute approximate surface area is 93.5 Å². The van der Waals surface area contributed by atoms with Crippen LogP contribution in [0.2, 0.25) is 0 Å². The number of hydrogen-bond donors (Lipinski definition) is 1. The predicted molar refractivity (Wildman–Crippen MR) is 59.5 cm³/mol. The summed E-state index contributed by atoms with van der Waals surface area (Å²) in [7, 11) is 3.19. The van der Waals surface area contributed by atoms with Crippen molar-refractivity contribution in [1.82, 2.24) is 9.97 Å². The van der Waals surface area contributed by atoms with Crippen LogP contribution < -0.4 is 15.2 Å². The molecule has 1 unspecified atom stereocenters. The lowest BCUT2D eigenvalue weighted by atomic mass is 10.2. The second-order valence-electron chi connectivity index (χ2n) is 3.41. The number of ether oxygens (including phenoxy) is 1. The standard InChI is InChI=1S/C10H14N4O2/c1-7(4-5-11)14(2)9-8(16-3)10(15)13-6-12-9/h6-7H,4H2,1-3H3,(H,12,13,15). The first-order valence-corrected chi connectivity index (χ1v) is 4.83. The van der Waals surface area contributed by atoms with E-state index in [2.05, 4.69) is 16.0 Å². The quantitative estimate of drug-likeness (QED) is 0.803. The van der Waals surface area contributed by atoms with Gasteiger partial charge in [-0.3, -0.25) is 4.79 Å². The van der Waals surface area contributed by atoms with Gasteiger partial charge >= 0.3 is 0 Å². The molecule has 0 spiro atoms. The fourth-order valence-corrected chi connectivity index (χ4v) is 1.29. The van der Waals surface area contributed by atoms with Crippen LogP contribution in [0.1, 0.15) is 13.3 Å². The molecule has 0 aliphatic rings. The van der Waals surface area contributed by atoms with E-state index in [1.165, 1.54) is 13.4 Å². The van der Waals surface area contributed by atoms with Crippen molar-refractivity contribution in [1.29, 1.82) is 5.26 Å². The van der Waals surface area contributed by atoms with E-state index in [0.29, 0.717) is 12.2 Å². The topological polar surface area (TPSA) is 82.0 Å². The molecule has 1 aromatic rings. The van der Waals surface area contributed by atoms with Gasteiger partial charge in [0.05, 0.1) is 25.9 Å². The van der Waals surface area contributed by atoms with Crippen molar-refractivity contribution in [2.75, 3.05) is 19.1 Å². The van der Waals surface area contributed by atoms with Gasteiger partial charge in [-0.25, -0.2) is 4.98 Å². The number of aromatic amines is 1. The molecule has 1 heterocycles. The fraction of sp³-hybridized carbons (Fsp3) is 0.500. The first kappa shape index (κ1) is 12.0. The molecule has 16 heavy (non-hydrogen) atoms. The molecule has 0 amide bonds. The van der Waals surface area contributed by atoms with Gasteiger partial charge in [-0.1, -0.05) is 0 Å². The fourth-order valence-electron chi connectivity index (χ4n) is 1.29. The van der Waals surface area contributed by atoms with Crippen LogP contribution >= 0.6 is 0 Å². The van der Waals surface area contributed by atoms with Crippen molar-refractivity contribution in [2.24, 2.45) is 0 Å².